The van der Waals surface area contributed by atoms with Crippen molar-refractivity contribution in [2.24, 2.45) is 11.7 Å². The van der Waals surface area contributed by atoms with E-state index in [1.165, 1.54) is 0 Å². The summed E-state index contributed by atoms with van der Waals surface area (Å²) in [6.45, 7) is 4.47. The van der Waals surface area contributed by atoms with Crippen molar-refractivity contribution in [1.82, 2.24) is 4.90 Å². The number of nitrogens with zero attached hydrogens (tertiary/aromatic N) is 1. The molecule has 1 rings (SSSR count). The highest BCUT2D eigenvalue weighted by atomic mass is 79.9. The highest BCUT2D eigenvalue weighted by Crippen LogP contribution is 2.17. The molecule has 1 aromatic rings. The van der Waals surface area contributed by atoms with E-state index in [2.05, 4.69) is 15.9 Å². The van der Waals surface area contributed by atoms with Crippen LogP contribution in [0.4, 0.5) is 0 Å². The van der Waals surface area contributed by atoms with Crippen molar-refractivity contribution in [2.75, 3.05) is 7.05 Å². The van der Waals surface area contributed by atoms with E-state index in [0.29, 0.717) is 11.2 Å². The van der Waals surface area contributed by atoms with E-state index < -0.39 is 0 Å². The van der Waals surface area contributed by atoms with E-state index in [1.54, 1.807) is 11.9 Å². The summed E-state index contributed by atoms with van der Waals surface area (Å²) in [5.41, 5.74) is 5.71. The lowest BCUT2D eigenvalue weighted by Gasteiger charge is -2.20. The number of hydrogen-bond donors (Lipinski definition) is 1. The Hall–Kier alpha value is -0.810. The smallest absolute Gasteiger partial charge is 0.225 e. The SMILES string of the molecule is CC(N)CCCC(C)C(=O)N(C)Cc1ccc(Br)o1. The largest absolute Gasteiger partial charge is 0.452 e. The topological polar surface area (TPSA) is 59.5 Å². The van der Waals surface area contributed by atoms with E-state index in [0.717, 1.165) is 25.0 Å². The molecule has 0 saturated carbocycles. The van der Waals surface area contributed by atoms with Gasteiger partial charge in [0.25, 0.3) is 0 Å². The van der Waals surface area contributed by atoms with Crippen LogP contribution in [-0.4, -0.2) is 23.9 Å². The standard InChI is InChI=1S/C14H23BrN2O2/c1-10(5-4-6-11(2)16)14(18)17(3)9-12-7-8-13(15)19-12/h7-8,10-11H,4-6,9,16H2,1-3H3. The summed E-state index contributed by atoms with van der Waals surface area (Å²) in [6, 6.07) is 3.91. The predicted octanol–water partition coefficient (Wildman–Crippen LogP) is 3.15. The lowest BCUT2D eigenvalue weighted by atomic mass is 10.0. The molecule has 2 unspecified atom stereocenters. The van der Waals surface area contributed by atoms with Gasteiger partial charge in [0.05, 0.1) is 6.54 Å². The molecule has 0 bridgehead atoms. The van der Waals surface area contributed by atoms with Crippen LogP contribution in [0, 0.1) is 5.92 Å². The van der Waals surface area contributed by atoms with Gasteiger partial charge in [-0.2, -0.15) is 0 Å². The minimum atomic E-state index is 0.0298. The van der Waals surface area contributed by atoms with Crippen molar-refractivity contribution in [1.29, 1.82) is 0 Å². The molecule has 0 aromatic carbocycles. The number of rotatable bonds is 7. The van der Waals surface area contributed by atoms with Gasteiger partial charge in [0.2, 0.25) is 5.91 Å². The quantitative estimate of drug-likeness (QED) is 0.835. The molecule has 19 heavy (non-hydrogen) atoms. The van der Waals surface area contributed by atoms with Gasteiger partial charge in [-0.1, -0.05) is 13.3 Å². The van der Waals surface area contributed by atoms with E-state index in [-0.39, 0.29) is 17.9 Å². The molecule has 0 saturated heterocycles. The van der Waals surface area contributed by atoms with Crippen LogP contribution in [0.15, 0.2) is 21.2 Å². The third-order valence-electron chi connectivity index (χ3n) is 3.12. The molecular formula is C14H23BrN2O2. The molecule has 2 atom stereocenters. The van der Waals surface area contributed by atoms with Crippen LogP contribution in [0.3, 0.4) is 0 Å². The maximum Gasteiger partial charge on any atom is 0.225 e. The second-order valence-electron chi connectivity index (χ2n) is 5.21. The Morgan fingerprint density at radius 2 is 2.11 bits per heavy atom. The van der Waals surface area contributed by atoms with E-state index in [1.807, 2.05) is 26.0 Å². The minimum Gasteiger partial charge on any atom is -0.452 e. The summed E-state index contributed by atoms with van der Waals surface area (Å²) in [7, 11) is 1.81. The summed E-state index contributed by atoms with van der Waals surface area (Å²) in [4.78, 5) is 13.9. The summed E-state index contributed by atoms with van der Waals surface area (Å²) in [5.74, 6) is 0.963. The van der Waals surface area contributed by atoms with Gasteiger partial charge in [-0.05, 0) is 47.8 Å². The van der Waals surface area contributed by atoms with Crippen molar-refractivity contribution in [2.45, 2.75) is 45.7 Å². The van der Waals surface area contributed by atoms with Crippen LogP contribution in [0.25, 0.3) is 0 Å². The van der Waals surface area contributed by atoms with Crippen molar-refractivity contribution in [3.8, 4) is 0 Å². The van der Waals surface area contributed by atoms with E-state index >= 15 is 0 Å². The average molecular weight is 331 g/mol. The Labute approximate surface area is 123 Å². The van der Waals surface area contributed by atoms with Crippen molar-refractivity contribution in [3.63, 3.8) is 0 Å². The maximum absolute atomic E-state index is 12.2. The first kappa shape index (κ1) is 16.2. The molecule has 108 valence electrons. The van der Waals surface area contributed by atoms with Crippen LogP contribution < -0.4 is 5.73 Å². The van der Waals surface area contributed by atoms with Crippen LogP contribution in [0.2, 0.25) is 0 Å². The molecule has 0 aliphatic carbocycles. The molecule has 0 spiro atoms. The highest BCUT2D eigenvalue weighted by Gasteiger charge is 2.18. The van der Waals surface area contributed by atoms with E-state index in [9.17, 15) is 4.79 Å². The Balaban J connectivity index is 2.38. The number of hydrogen-bond acceptors (Lipinski definition) is 3. The minimum absolute atomic E-state index is 0.0298. The Bertz CT molecular complexity index is 404. The van der Waals surface area contributed by atoms with Crippen LogP contribution in [0.1, 0.15) is 38.9 Å². The molecule has 4 nitrogen and oxygen atoms in total. The number of carbonyl (C=O) groups is 1. The molecule has 0 aliphatic heterocycles. The van der Waals surface area contributed by atoms with Crippen molar-refractivity contribution < 1.29 is 9.21 Å². The van der Waals surface area contributed by atoms with Gasteiger partial charge in [-0.15, -0.1) is 0 Å². The van der Waals surface area contributed by atoms with Crippen molar-refractivity contribution in [3.05, 3.63) is 22.6 Å². The molecular weight excluding hydrogens is 308 g/mol. The van der Waals surface area contributed by atoms with Gasteiger partial charge in [0.1, 0.15) is 5.76 Å². The summed E-state index contributed by atoms with van der Waals surface area (Å²) in [5, 5.41) is 0. The third-order valence-corrected chi connectivity index (χ3v) is 3.54. The summed E-state index contributed by atoms with van der Waals surface area (Å²) < 4.78 is 6.09. The molecule has 2 N–H and O–H groups in total. The monoisotopic (exact) mass is 330 g/mol. The first-order valence-corrected chi connectivity index (χ1v) is 7.44. The average Bonchev–Trinajstić information content (AvgIpc) is 2.73. The zero-order chi connectivity index (χ0) is 14.4. The molecule has 5 heteroatoms. The second-order valence-corrected chi connectivity index (χ2v) is 5.99. The van der Waals surface area contributed by atoms with Gasteiger partial charge < -0.3 is 15.1 Å². The molecule has 1 heterocycles. The number of amides is 1. The van der Waals surface area contributed by atoms with Crippen LogP contribution in [-0.2, 0) is 11.3 Å². The fourth-order valence-corrected chi connectivity index (χ4v) is 2.33. The fraction of sp³-hybridized carbons (Fsp3) is 0.643. The highest BCUT2D eigenvalue weighted by molar-refractivity contribution is 9.10. The van der Waals surface area contributed by atoms with Crippen LogP contribution in [0.5, 0.6) is 0 Å². The number of furan rings is 1. The first-order valence-electron chi connectivity index (χ1n) is 6.65. The Kier molecular flexibility index (Phi) is 6.58. The summed E-state index contributed by atoms with van der Waals surface area (Å²) >= 11 is 3.25. The zero-order valence-electron chi connectivity index (χ0n) is 11.9. The van der Waals surface area contributed by atoms with Gasteiger partial charge in [-0.25, -0.2) is 0 Å². The molecule has 0 fully saturated rings. The summed E-state index contributed by atoms with van der Waals surface area (Å²) in [6.07, 6.45) is 2.84. The zero-order valence-corrected chi connectivity index (χ0v) is 13.4. The van der Waals surface area contributed by atoms with Gasteiger partial charge >= 0.3 is 0 Å². The number of nitrogens with two attached hydrogens (primary N) is 1. The normalized spacial score (nSPS) is 14.2. The maximum atomic E-state index is 12.2. The predicted molar refractivity (Wildman–Crippen MR) is 79.5 cm³/mol. The van der Waals surface area contributed by atoms with Gasteiger partial charge in [0, 0.05) is 19.0 Å². The number of carbonyl (C=O) groups excluding carboxylic acids is 1. The number of halogens is 1. The second kappa shape index (κ2) is 7.70. The fourth-order valence-electron chi connectivity index (χ4n) is 1.99. The first-order chi connectivity index (χ1) is 8.90. The Morgan fingerprint density at radius 3 is 2.63 bits per heavy atom. The third kappa shape index (κ3) is 5.78. The molecule has 1 amide bonds. The van der Waals surface area contributed by atoms with Gasteiger partial charge in [0.15, 0.2) is 4.67 Å². The lowest BCUT2D eigenvalue weighted by Crippen LogP contribution is -2.31. The van der Waals surface area contributed by atoms with Gasteiger partial charge in [-0.3, -0.25) is 4.79 Å². The molecule has 1 aromatic heterocycles. The lowest BCUT2D eigenvalue weighted by molar-refractivity contribution is -0.134. The molecule has 0 radical (unpaired) electrons. The molecule has 0 aliphatic rings. The Morgan fingerprint density at radius 1 is 1.42 bits per heavy atom. The van der Waals surface area contributed by atoms with Crippen LogP contribution >= 0.6 is 15.9 Å². The van der Waals surface area contributed by atoms with Crippen molar-refractivity contribution >= 4 is 21.8 Å². The van der Waals surface area contributed by atoms with E-state index in [4.69, 9.17) is 10.2 Å².